The van der Waals surface area contributed by atoms with E-state index >= 15 is 0 Å². The molecule has 2 aromatic carbocycles. The molecule has 1 heterocycles. The number of benzene rings is 2. The summed E-state index contributed by atoms with van der Waals surface area (Å²) in [5.74, 6) is 0.457. The molecule has 27 heavy (non-hydrogen) atoms. The fraction of sp³-hybridized carbons (Fsp3) is 0.364. The lowest BCUT2D eigenvalue weighted by molar-refractivity contribution is -0.117. The molecule has 1 fully saturated rings. The normalized spacial score (nSPS) is 15.3. The number of anilines is 1. The first-order valence-electron chi connectivity index (χ1n) is 9.50. The molecule has 1 unspecified atom stereocenters. The number of carbonyl (C=O) groups excluding carboxylic acids is 2. The third-order valence-electron chi connectivity index (χ3n) is 5.03. The summed E-state index contributed by atoms with van der Waals surface area (Å²) in [6.07, 6.45) is 1.48. The van der Waals surface area contributed by atoms with Crippen molar-refractivity contribution in [1.29, 1.82) is 0 Å². The second kappa shape index (κ2) is 8.35. The predicted octanol–water partition coefficient (Wildman–Crippen LogP) is 3.37. The van der Waals surface area contributed by atoms with Crippen molar-refractivity contribution in [3.05, 3.63) is 65.2 Å². The van der Waals surface area contributed by atoms with Gasteiger partial charge in [-0.05, 0) is 47.7 Å². The van der Waals surface area contributed by atoms with Gasteiger partial charge < -0.3 is 16.0 Å². The van der Waals surface area contributed by atoms with Gasteiger partial charge in [0.05, 0.1) is 0 Å². The van der Waals surface area contributed by atoms with Crippen molar-refractivity contribution in [2.75, 3.05) is 18.0 Å². The summed E-state index contributed by atoms with van der Waals surface area (Å²) < 4.78 is 0. The van der Waals surface area contributed by atoms with E-state index in [2.05, 4.69) is 31.3 Å². The van der Waals surface area contributed by atoms with Crippen LogP contribution in [-0.4, -0.2) is 24.9 Å². The van der Waals surface area contributed by atoms with Gasteiger partial charge in [-0.2, -0.15) is 0 Å². The Morgan fingerprint density at radius 2 is 1.70 bits per heavy atom. The summed E-state index contributed by atoms with van der Waals surface area (Å²) in [5, 5.41) is 2.89. The molecule has 0 saturated carbocycles. The molecule has 1 aliphatic heterocycles. The second-order valence-electron chi connectivity index (χ2n) is 7.33. The number of amides is 2. The Labute approximate surface area is 160 Å². The van der Waals surface area contributed by atoms with E-state index in [0.29, 0.717) is 24.4 Å². The third kappa shape index (κ3) is 4.55. The molecule has 3 N–H and O–H groups in total. The van der Waals surface area contributed by atoms with Crippen LogP contribution < -0.4 is 16.0 Å². The van der Waals surface area contributed by atoms with Crippen LogP contribution in [0.4, 0.5) is 5.69 Å². The fourth-order valence-electron chi connectivity index (χ4n) is 3.26. The van der Waals surface area contributed by atoms with Crippen LogP contribution in [-0.2, 0) is 4.79 Å². The molecule has 5 heteroatoms. The zero-order chi connectivity index (χ0) is 19.4. The van der Waals surface area contributed by atoms with Gasteiger partial charge in [-0.25, -0.2) is 0 Å². The van der Waals surface area contributed by atoms with E-state index in [1.165, 1.54) is 5.56 Å². The molecule has 5 nitrogen and oxygen atoms in total. The molecule has 142 valence electrons. The van der Waals surface area contributed by atoms with E-state index in [0.717, 1.165) is 24.2 Å². The van der Waals surface area contributed by atoms with Crippen molar-refractivity contribution in [3.63, 3.8) is 0 Å². The van der Waals surface area contributed by atoms with Gasteiger partial charge in [0.25, 0.3) is 5.91 Å². The highest BCUT2D eigenvalue weighted by Gasteiger charge is 2.21. The Kier molecular flexibility index (Phi) is 5.91. The summed E-state index contributed by atoms with van der Waals surface area (Å²) in [4.78, 5) is 25.9. The molecule has 2 amide bonds. The molecule has 1 saturated heterocycles. The highest BCUT2D eigenvalue weighted by molar-refractivity contribution is 5.97. The Morgan fingerprint density at radius 3 is 2.26 bits per heavy atom. The van der Waals surface area contributed by atoms with Crippen LogP contribution in [0.3, 0.4) is 0 Å². The minimum atomic E-state index is -0.253. The Morgan fingerprint density at radius 1 is 1.07 bits per heavy atom. The second-order valence-corrected chi connectivity index (χ2v) is 7.33. The van der Waals surface area contributed by atoms with Crippen molar-refractivity contribution in [2.24, 2.45) is 5.73 Å². The number of nitrogens with zero attached hydrogens (tertiary/aromatic N) is 1. The van der Waals surface area contributed by atoms with Crippen molar-refractivity contribution in [1.82, 2.24) is 5.32 Å². The largest absolute Gasteiger partial charge is 0.350 e. The number of nitrogens with one attached hydrogen (secondary N) is 1. The van der Waals surface area contributed by atoms with Crippen LogP contribution in [0.1, 0.15) is 60.1 Å². The SMILES string of the molecule is CC(C)c1ccc(C(N)CNC(=O)c2ccc(N3CCCC3=O)cc2)cc1. The predicted molar refractivity (Wildman–Crippen MR) is 108 cm³/mol. The summed E-state index contributed by atoms with van der Waals surface area (Å²) >= 11 is 0. The van der Waals surface area contributed by atoms with Crippen molar-refractivity contribution in [3.8, 4) is 0 Å². The number of nitrogens with two attached hydrogens (primary N) is 1. The van der Waals surface area contributed by atoms with E-state index in [1.54, 1.807) is 17.0 Å². The number of hydrogen-bond acceptors (Lipinski definition) is 3. The zero-order valence-corrected chi connectivity index (χ0v) is 15.9. The van der Waals surface area contributed by atoms with Gasteiger partial charge in [0, 0.05) is 36.8 Å². The molecule has 0 spiro atoms. The molecular weight excluding hydrogens is 338 g/mol. The molecule has 2 aromatic rings. The molecular formula is C22H27N3O2. The molecule has 3 rings (SSSR count). The van der Waals surface area contributed by atoms with E-state index in [4.69, 9.17) is 5.73 Å². The minimum absolute atomic E-state index is 0.140. The van der Waals surface area contributed by atoms with Crippen LogP contribution >= 0.6 is 0 Å². The first-order valence-corrected chi connectivity index (χ1v) is 9.50. The highest BCUT2D eigenvalue weighted by Crippen LogP contribution is 2.22. The number of rotatable bonds is 6. The van der Waals surface area contributed by atoms with Crippen LogP contribution in [0, 0.1) is 0 Å². The monoisotopic (exact) mass is 365 g/mol. The van der Waals surface area contributed by atoms with E-state index in [1.807, 2.05) is 24.3 Å². The average molecular weight is 365 g/mol. The first-order chi connectivity index (χ1) is 13.0. The molecule has 0 bridgehead atoms. The summed E-state index contributed by atoms with van der Waals surface area (Å²) in [7, 11) is 0. The van der Waals surface area contributed by atoms with Crippen molar-refractivity contribution in [2.45, 2.75) is 38.6 Å². The Balaban J connectivity index is 1.56. The maximum Gasteiger partial charge on any atom is 0.251 e. The van der Waals surface area contributed by atoms with Gasteiger partial charge in [-0.15, -0.1) is 0 Å². The Bertz CT molecular complexity index is 797. The average Bonchev–Trinajstić information content (AvgIpc) is 3.12. The third-order valence-corrected chi connectivity index (χ3v) is 5.03. The van der Waals surface area contributed by atoms with E-state index < -0.39 is 0 Å². The van der Waals surface area contributed by atoms with Gasteiger partial charge in [0.2, 0.25) is 5.91 Å². The van der Waals surface area contributed by atoms with Crippen LogP contribution in [0.2, 0.25) is 0 Å². The summed E-state index contributed by atoms with van der Waals surface area (Å²) in [6, 6.07) is 15.1. The first kappa shape index (κ1) is 19.1. The fourth-order valence-corrected chi connectivity index (χ4v) is 3.26. The molecule has 0 radical (unpaired) electrons. The molecule has 0 aromatic heterocycles. The van der Waals surface area contributed by atoms with Crippen molar-refractivity contribution >= 4 is 17.5 Å². The Hall–Kier alpha value is -2.66. The molecule has 0 aliphatic carbocycles. The number of carbonyl (C=O) groups is 2. The molecule has 1 aliphatic rings. The van der Waals surface area contributed by atoms with Gasteiger partial charge in [0.15, 0.2) is 0 Å². The standard InChI is InChI=1S/C22H27N3O2/c1-15(2)16-5-7-17(8-6-16)20(23)14-24-22(27)18-9-11-19(12-10-18)25-13-3-4-21(25)26/h5-12,15,20H,3-4,13-14,23H2,1-2H3,(H,24,27). The topological polar surface area (TPSA) is 75.4 Å². The van der Waals surface area contributed by atoms with Crippen LogP contribution in [0.5, 0.6) is 0 Å². The van der Waals surface area contributed by atoms with Gasteiger partial charge in [-0.1, -0.05) is 38.1 Å². The summed E-state index contributed by atoms with van der Waals surface area (Å²) in [5.41, 5.74) is 9.89. The van der Waals surface area contributed by atoms with E-state index in [9.17, 15) is 9.59 Å². The molecule has 1 atom stereocenters. The van der Waals surface area contributed by atoms with Gasteiger partial charge in [0.1, 0.15) is 0 Å². The zero-order valence-electron chi connectivity index (χ0n) is 15.9. The van der Waals surface area contributed by atoms with Gasteiger partial charge >= 0.3 is 0 Å². The maximum atomic E-state index is 12.4. The smallest absolute Gasteiger partial charge is 0.251 e. The van der Waals surface area contributed by atoms with E-state index in [-0.39, 0.29) is 17.9 Å². The van der Waals surface area contributed by atoms with Crippen LogP contribution in [0.25, 0.3) is 0 Å². The van der Waals surface area contributed by atoms with Crippen molar-refractivity contribution < 1.29 is 9.59 Å². The van der Waals surface area contributed by atoms with Gasteiger partial charge in [-0.3, -0.25) is 9.59 Å². The lowest BCUT2D eigenvalue weighted by atomic mass is 9.99. The maximum absolute atomic E-state index is 12.4. The number of hydrogen-bond donors (Lipinski definition) is 2. The lowest BCUT2D eigenvalue weighted by Crippen LogP contribution is -2.32. The quantitative estimate of drug-likeness (QED) is 0.824. The highest BCUT2D eigenvalue weighted by atomic mass is 16.2. The summed E-state index contributed by atoms with van der Waals surface area (Å²) in [6.45, 7) is 5.42. The van der Waals surface area contributed by atoms with Crippen LogP contribution in [0.15, 0.2) is 48.5 Å². The lowest BCUT2D eigenvalue weighted by Gasteiger charge is -2.16. The minimum Gasteiger partial charge on any atom is -0.350 e.